The van der Waals surface area contributed by atoms with E-state index in [1.54, 1.807) is 12.1 Å². The molecule has 2 amide bonds. The van der Waals surface area contributed by atoms with Crippen LogP contribution >= 0.6 is 35.0 Å². The van der Waals surface area contributed by atoms with Crippen molar-refractivity contribution < 1.29 is 23.9 Å². The number of pyridine rings is 1. The molecule has 0 saturated carbocycles. The SMILES string of the molecule is N#Cc1ccc(-c2ccccc2)nc1SC1CC(=O)N(c2ccc(C(=O)OCC(=O)c3ccc(Cl)c(Cl)c3)cc2)C1=O. The maximum Gasteiger partial charge on any atom is 0.338 e. The number of carbonyl (C=O) groups is 4. The average Bonchev–Trinajstić information content (AvgIpc) is 3.29. The molecule has 2 heterocycles. The first-order chi connectivity index (χ1) is 20.2. The lowest BCUT2D eigenvalue weighted by molar-refractivity contribution is -0.121. The Morgan fingerprint density at radius 1 is 0.952 bits per heavy atom. The van der Waals surface area contributed by atoms with Crippen molar-refractivity contribution >= 4 is 64.2 Å². The Bertz CT molecular complexity index is 1760. The number of nitrogens with zero attached hydrogens (tertiary/aromatic N) is 3. The Kier molecular flexibility index (Phi) is 8.69. The predicted molar refractivity (Wildman–Crippen MR) is 159 cm³/mol. The number of hydrogen-bond donors (Lipinski definition) is 0. The Labute approximate surface area is 254 Å². The van der Waals surface area contributed by atoms with Crippen LogP contribution < -0.4 is 4.90 Å². The zero-order valence-corrected chi connectivity index (χ0v) is 23.9. The molecule has 1 aliphatic rings. The molecule has 0 radical (unpaired) electrons. The van der Waals surface area contributed by atoms with Gasteiger partial charge in [-0.15, -0.1) is 0 Å². The number of amides is 2. The summed E-state index contributed by atoms with van der Waals surface area (Å²) in [6.07, 6.45) is -0.0772. The van der Waals surface area contributed by atoms with E-state index in [-0.39, 0.29) is 28.3 Å². The molecule has 0 bridgehead atoms. The van der Waals surface area contributed by atoms with Gasteiger partial charge in [-0.05, 0) is 54.6 Å². The van der Waals surface area contributed by atoms with Gasteiger partial charge >= 0.3 is 5.97 Å². The number of esters is 1. The first-order valence-corrected chi connectivity index (χ1v) is 14.1. The third-order valence-corrected chi connectivity index (χ3v) is 8.27. The highest BCUT2D eigenvalue weighted by Crippen LogP contribution is 2.35. The summed E-state index contributed by atoms with van der Waals surface area (Å²) >= 11 is 12.9. The molecule has 0 aliphatic carbocycles. The van der Waals surface area contributed by atoms with E-state index in [1.165, 1.54) is 42.5 Å². The van der Waals surface area contributed by atoms with E-state index in [0.29, 0.717) is 21.3 Å². The molecular formula is C31H19Cl2N3O5S. The molecule has 1 aliphatic heterocycles. The molecule has 42 heavy (non-hydrogen) atoms. The van der Waals surface area contributed by atoms with Crippen molar-refractivity contribution in [3.8, 4) is 17.3 Å². The second-order valence-electron chi connectivity index (χ2n) is 9.08. The number of nitriles is 1. The van der Waals surface area contributed by atoms with Crippen molar-refractivity contribution in [3.05, 3.63) is 112 Å². The van der Waals surface area contributed by atoms with Crippen molar-refractivity contribution in [3.63, 3.8) is 0 Å². The minimum absolute atomic E-state index is 0.0772. The van der Waals surface area contributed by atoms with Gasteiger partial charge in [0.05, 0.1) is 37.8 Å². The normalized spacial score (nSPS) is 14.5. The van der Waals surface area contributed by atoms with E-state index >= 15 is 0 Å². The smallest absolute Gasteiger partial charge is 0.338 e. The van der Waals surface area contributed by atoms with Gasteiger partial charge in [0, 0.05) is 17.5 Å². The molecule has 3 aromatic carbocycles. The van der Waals surface area contributed by atoms with E-state index in [2.05, 4.69) is 11.1 Å². The predicted octanol–water partition coefficient (Wildman–Crippen LogP) is 6.39. The fourth-order valence-corrected chi connectivity index (χ4v) is 5.59. The lowest BCUT2D eigenvalue weighted by Gasteiger charge is -2.15. The van der Waals surface area contributed by atoms with Crippen LogP contribution in [0.3, 0.4) is 0 Å². The molecule has 1 atom stereocenters. The number of ketones is 1. The monoisotopic (exact) mass is 615 g/mol. The highest BCUT2D eigenvalue weighted by molar-refractivity contribution is 8.00. The summed E-state index contributed by atoms with van der Waals surface area (Å²) in [5.74, 6) is -2.09. The van der Waals surface area contributed by atoms with Crippen LogP contribution in [0.4, 0.5) is 5.69 Å². The molecular weight excluding hydrogens is 597 g/mol. The van der Waals surface area contributed by atoms with E-state index in [4.69, 9.17) is 27.9 Å². The summed E-state index contributed by atoms with van der Waals surface area (Å²) in [5, 5.41) is 9.68. The van der Waals surface area contributed by atoms with Crippen LogP contribution in [0.1, 0.15) is 32.7 Å². The van der Waals surface area contributed by atoms with Crippen LogP contribution in [0.25, 0.3) is 11.3 Å². The molecule has 1 saturated heterocycles. The maximum absolute atomic E-state index is 13.3. The summed E-state index contributed by atoms with van der Waals surface area (Å²) in [4.78, 5) is 56.6. The number of ether oxygens (including phenoxy) is 1. The number of hydrogen-bond acceptors (Lipinski definition) is 8. The van der Waals surface area contributed by atoms with Crippen molar-refractivity contribution in [1.82, 2.24) is 4.98 Å². The highest BCUT2D eigenvalue weighted by Gasteiger charge is 2.40. The van der Waals surface area contributed by atoms with E-state index in [9.17, 15) is 24.4 Å². The molecule has 5 rings (SSSR count). The zero-order chi connectivity index (χ0) is 29.8. The van der Waals surface area contributed by atoms with Gasteiger partial charge in [-0.1, -0.05) is 65.3 Å². The summed E-state index contributed by atoms with van der Waals surface area (Å²) in [6.45, 7) is -0.509. The van der Waals surface area contributed by atoms with Gasteiger partial charge in [0.25, 0.3) is 0 Å². The molecule has 1 unspecified atom stereocenters. The van der Waals surface area contributed by atoms with Crippen molar-refractivity contribution in [2.24, 2.45) is 0 Å². The highest BCUT2D eigenvalue weighted by atomic mass is 35.5. The fourth-order valence-electron chi connectivity index (χ4n) is 4.20. The molecule has 1 aromatic heterocycles. The molecule has 208 valence electrons. The number of Topliss-reactive ketones (excluding diaryl/α,β-unsaturated/α-hetero) is 1. The van der Waals surface area contributed by atoms with Crippen LogP contribution in [-0.4, -0.2) is 40.4 Å². The second kappa shape index (κ2) is 12.6. The number of benzene rings is 3. The van der Waals surface area contributed by atoms with Crippen LogP contribution in [0.15, 0.2) is 90.0 Å². The van der Waals surface area contributed by atoms with Gasteiger partial charge in [-0.2, -0.15) is 5.26 Å². The standard InChI is InChI=1S/C31H19Cl2N3O5S/c32-23-12-8-20(14-24(23)33)26(37)17-41-31(40)19-6-10-22(11-7-19)36-28(38)15-27(30(36)39)42-29-21(16-34)9-13-25(35-29)18-4-2-1-3-5-18/h1-14,27H,15,17H2. The number of aromatic nitrogens is 1. The van der Waals surface area contributed by atoms with Crippen molar-refractivity contribution in [2.45, 2.75) is 16.7 Å². The lowest BCUT2D eigenvalue weighted by atomic mass is 10.1. The van der Waals surface area contributed by atoms with E-state index in [0.717, 1.165) is 22.2 Å². The van der Waals surface area contributed by atoms with E-state index in [1.807, 2.05) is 30.3 Å². The molecule has 11 heteroatoms. The summed E-state index contributed by atoms with van der Waals surface area (Å²) < 4.78 is 5.12. The fraction of sp³-hybridized carbons (Fsp3) is 0.0968. The first-order valence-electron chi connectivity index (χ1n) is 12.5. The Morgan fingerprint density at radius 3 is 2.36 bits per heavy atom. The Balaban J connectivity index is 1.25. The Hall–Kier alpha value is -4.49. The molecule has 1 fully saturated rings. The van der Waals surface area contributed by atoms with Crippen LogP contribution in [0, 0.1) is 11.3 Å². The second-order valence-corrected chi connectivity index (χ2v) is 11.1. The number of imide groups is 1. The Morgan fingerprint density at radius 2 is 1.67 bits per heavy atom. The summed E-state index contributed by atoms with van der Waals surface area (Å²) in [7, 11) is 0. The zero-order valence-electron chi connectivity index (χ0n) is 21.6. The lowest BCUT2D eigenvalue weighted by Crippen LogP contribution is -2.31. The number of rotatable bonds is 8. The third-order valence-electron chi connectivity index (χ3n) is 6.35. The van der Waals surface area contributed by atoms with Crippen LogP contribution in [0.2, 0.25) is 10.0 Å². The number of anilines is 1. The quantitative estimate of drug-likeness (QED) is 0.127. The van der Waals surface area contributed by atoms with Crippen molar-refractivity contribution in [1.29, 1.82) is 5.26 Å². The molecule has 0 N–H and O–H groups in total. The van der Waals surface area contributed by atoms with Crippen molar-refractivity contribution in [2.75, 3.05) is 11.5 Å². The van der Waals surface area contributed by atoms with Gasteiger partial charge in [0.1, 0.15) is 11.1 Å². The minimum Gasteiger partial charge on any atom is -0.454 e. The van der Waals surface area contributed by atoms with Gasteiger partial charge in [0.15, 0.2) is 12.4 Å². The molecule has 4 aromatic rings. The topological polar surface area (TPSA) is 117 Å². The summed E-state index contributed by atoms with van der Waals surface area (Å²) in [5.41, 5.74) is 2.46. The van der Waals surface area contributed by atoms with Gasteiger partial charge in [-0.25, -0.2) is 14.7 Å². The third kappa shape index (κ3) is 6.21. The number of halogens is 2. The number of thioether (sulfide) groups is 1. The van der Waals surface area contributed by atoms with E-state index < -0.39 is 35.4 Å². The average molecular weight is 616 g/mol. The number of carbonyl (C=O) groups excluding carboxylic acids is 4. The van der Waals surface area contributed by atoms with Gasteiger partial charge < -0.3 is 4.74 Å². The molecule has 0 spiro atoms. The van der Waals surface area contributed by atoms with Gasteiger partial charge in [0.2, 0.25) is 11.8 Å². The van der Waals surface area contributed by atoms with Gasteiger partial charge in [-0.3, -0.25) is 14.4 Å². The minimum atomic E-state index is -0.778. The maximum atomic E-state index is 13.3. The largest absolute Gasteiger partial charge is 0.454 e. The first kappa shape index (κ1) is 29.0. The van der Waals surface area contributed by atoms with Crippen LogP contribution in [-0.2, 0) is 14.3 Å². The van der Waals surface area contributed by atoms with Crippen LogP contribution in [0.5, 0.6) is 0 Å². The summed E-state index contributed by atoms with van der Waals surface area (Å²) in [6, 6.07) is 25.0. The molecule has 8 nitrogen and oxygen atoms in total.